The number of aromatic nitrogens is 3. The van der Waals surface area contributed by atoms with Gasteiger partial charge in [0.1, 0.15) is 5.82 Å². The molecule has 22 heavy (non-hydrogen) atoms. The van der Waals surface area contributed by atoms with E-state index in [4.69, 9.17) is 0 Å². The first-order chi connectivity index (χ1) is 10.7. The maximum Gasteiger partial charge on any atom is 0.220 e. The van der Waals surface area contributed by atoms with Gasteiger partial charge in [-0.1, -0.05) is 12.5 Å². The molecule has 2 aromatic rings. The summed E-state index contributed by atoms with van der Waals surface area (Å²) in [5, 5.41) is 13.7. The van der Waals surface area contributed by atoms with E-state index in [1.54, 1.807) is 11.3 Å². The third kappa shape index (κ3) is 3.55. The molecule has 1 aliphatic heterocycles. The largest absolute Gasteiger partial charge is 0.346 e. The Labute approximate surface area is 134 Å². The zero-order valence-electron chi connectivity index (χ0n) is 12.9. The molecule has 0 bridgehead atoms. The van der Waals surface area contributed by atoms with Crippen molar-refractivity contribution in [3.8, 4) is 0 Å². The van der Waals surface area contributed by atoms with Crippen LogP contribution < -0.4 is 5.32 Å². The van der Waals surface area contributed by atoms with E-state index in [9.17, 15) is 4.79 Å². The van der Waals surface area contributed by atoms with Crippen LogP contribution >= 0.6 is 11.3 Å². The van der Waals surface area contributed by atoms with Crippen LogP contribution in [0.5, 0.6) is 0 Å². The highest BCUT2D eigenvalue weighted by molar-refractivity contribution is 7.09. The number of rotatable bonds is 5. The van der Waals surface area contributed by atoms with Gasteiger partial charge in [0.2, 0.25) is 5.91 Å². The molecule has 3 heterocycles. The molecule has 3 rings (SSSR count). The minimum absolute atomic E-state index is 0.0758. The fraction of sp³-hybridized carbons (Fsp3) is 0.562. The van der Waals surface area contributed by atoms with Crippen LogP contribution in [-0.4, -0.2) is 20.7 Å². The van der Waals surface area contributed by atoms with E-state index < -0.39 is 0 Å². The molecule has 0 fully saturated rings. The highest BCUT2D eigenvalue weighted by atomic mass is 32.1. The monoisotopic (exact) mass is 318 g/mol. The maximum absolute atomic E-state index is 12.1. The summed E-state index contributed by atoms with van der Waals surface area (Å²) in [5.41, 5.74) is 0. The van der Waals surface area contributed by atoms with E-state index in [0.29, 0.717) is 6.42 Å². The lowest BCUT2D eigenvalue weighted by atomic mass is 10.2. The van der Waals surface area contributed by atoms with Crippen LogP contribution in [0.4, 0.5) is 0 Å². The Kier molecular flexibility index (Phi) is 4.87. The molecule has 118 valence electrons. The molecule has 5 nitrogen and oxygen atoms in total. The third-order valence-electron chi connectivity index (χ3n) is 4.08. The molecule has 1 N–H and O–H groups in total. The van der Waals surface area contributed by atoms with Gasteiger partial charge in [-0.05, 0) is 37.6 Å². The van der Waals surface area contributed by atoms with Crippen molar-refractivity contribution in [1.29, 1.82) is 0 Å². The van der Waals surface area contributed by atoms with Gasteiger partial charge >= 0.3 is 0 Å². The average molecular weight is 318 g/mol. The third-order valence-corrected chi connectivity index (χ3v) is 5.02. The summed E-state index contributed by atoms with van der Waals surface area (Å²) < 4.78 is 2.19. The first kappa shape index (κ1) is 15.2. The summed E-state index contributed by atoms with van der Waals surface area (Å²) >= 11 is 1.70. The quantitative estimate of drug-likeness (QED) is 0.922. The molecule has 1 unspecified atom stereocenters. The van der Waals surface area contributed by atoms with Crippen LogP contribution in [0.1, 0.15) is 55.2 Å². The van der Waals surface area contributed by atoms with Gasteiger partial charge in [0.15, 0.2) is 5.82 Å². The topological polar surface area (TPSA) is 59.8 Å². The van der Waals surface area contributed by atoms with Crippen molar-refractivity contribution in [1.82, 2.24) is 20.1 Å². The molecule has 0 saturated carbocycles. The molecular weight excluding hydrogens is 296 g/mol. The van der Waals surface area contributed by atoms with Gasteiger partial charge in [0, 0.05) is 24.3 Å². The van der Waals surface area contributed by atoms with Gasteiger partial charge in [-0.2, -0.15) is 0 Å². The number of nitrogens with zero attached hydrogens (tertiary/aromatic N) is 3. The van der Waals surface area contributed by atoms with Gasteiger partial charge in [0.25, 0.3) is 0 Å². The second kappa shape index (κ2) is 7.05. The van der Waals surface area contributed by atoms with Crippen LogP contribution in [0, 0.1) is 0 Å². The van der Waals surface area contributed by atoms with Gasteiger partial charge in [0.05, 0.1) is 6.04 Å². The minimum Gasteiger partial charge on any atom is -0.346 e. The van der Waals surface area contributed by atoms with Crippen LogP contribution in [0.15, 0.2) is 17.5 Å². The van der Waals surface area contributed by atoms with E-state index in [1.807, 2.05) is 18.4 Å². The Morgan fingerprint density at radius 1 is 1.41 bits per heavy atom. The van der Waals surface area contributed by atoms with E-state index in [2.05, 4.69) is 26.1 Å². The van der Waals surface area contributed by atoms with Crippen LogP contribution in [0.3, 0.4) is 0 Å². The van der Waals surface area contributed by atoms with Gasteiger partial charge < -0.3 is 9.88 Å². The van der Waals surface area contributed by atoms with Crippen molar-refractivity contribution < 1.29 is 4.79 Å². The standard InChI is InChI=1S/C16H22N4OS/c1-12(17-15(21)9-8-13-6-5-11-22-13)16-19-18-14-7-3-2-4-10-20(14)16/h5-6,11-12H,2-4,7-10H2,1H3,(H,17,21). The average Bonchev–Trinajstić information content (AvgIpc) is 3.10. The van der Waals surface area contributed by atoms with Gasteiger partial charge in [-0.3, -0.25) is 4.79 Å². The number of hydrogen-bond donors (Lipinski definition) is 1. The summed E-state index contributed by atoms with van der Waals surface area (Å²) in [4.78, 5) is 13.4. The number of hydrogen-bond acceptors (Lipinski definition) is 4. The SMILES string of the molecule is CC(NC(=O)CCc1cccs1)c1nnc2n1CCCCC2. The van der Waals surface area contributed by atoms with Crippen LogP contribution in [0.2, 0.25) is 0 Å². The minimum atomic E-state index is -0.0878. The predicted octanol–water partition coefficient (Wildman–Crippen LogP) is 2.88. The predicted molar refractivity (Wildman–Crippen MR) is 86.8 cm³/mol. The molecule has 0 aromatic carbocycles. The smallest absolute Gasteiger partial charge is 0.220 e. The lowest BCUT2D eigenvalue weighted by Crippen LogP contribution is -2.29. The Morgan fingerprint density at radius 2 is 2.32 bits per heavy atom. The van der Waals surface area contributed by atoms with Crippen molar-refractivity contribution in [2.24, 2.45) is 0 Å². The Balaban J connectivity index is 1.58. The lowest BCUT2D eigenvalue weighted by molar-refractivity contribution is -0.121. The second-order valence-corrected chi connectivity index (χ2v) is 6.84. The first-order valence-electron chi connectivity index (χ1n) is 7.98. The van der Waals surface area contributed by atoms with Crippen molar-refractivity contribution in [2.75, 3.05) is 0 Å². The number of carbonyl (C=O) groups excluding carboxylic acids is 1. The Bertz CT molecular complexity index is 620. The summed E-state index contributed by atoms with van der Waals surface area (Å²) in [6.07, 6.45) is 5.90. The number of aryl methyl sites for hydroxylation is 2. The summed E-state index contributed by atoms with van der Waals surface area (Å²) in [5.74, 6) is 2.03. The zero-order valence-corrected chi connectivity index (χ0v) is 13.7. The maximum atomic E-state index is 12.1. The number of fused-ring (bicyclic) bond motifs is 1. The fourth-order valence-electron chi connectivity index (χ4n) is 2.90. The van der Waals surface area contributed by atoms with Crippen molar-refractivity contribution >= 4 is 17.2 Å². The summed E-state index contributed by atoms with van der Waals surface area (Å²) in [7, 11) is 0. The van der Waals surface area contributed by atoms with E-state index in [-0.39, 0.29) is 11.9 Å². The fourth-order valence-corrected chi connectivity index (χ4v) is 3.61. The summed E-state index contributed by atoms with van der Waals surface area (Å²) in [6.45, 7) is 2.96. The van der Waals surface area contributed by atoms with Crippen molar-refractivity contribution in [2.45, 2.75) is 58.0 Å². The summed E-state index contributed by atoms with van der Waals surface area (Å²) in [6, 6.07) is 4.00. The van der Waals surface area contributed by atoms with Crippen molar-refractivity contribution in [3.05, 3.63) is 34.0 Å². The molecule has 1 amide bonds. The van der Waals surface area contributed by atoms with Gasteiger partial charge in [-0.25, -0.2) is 0 Å². The van der Waals surface area contributed by atoms with Crippen LogP contribution in [0.25, 0.3) is 0 Å². The van der Waals surface area contributed by atoms with Crippen molar-refractivity contribution in [3.63, 3.8) is 0 Å². The van der Waals surface area contributed by atoms with E-state index in [1.165, 1.54) is 17.7 Å². The molecule has 2 aromatic heterocycles. The van der Waals surface area contributed by atoms with E-state index >= 15 is 0 Å². The molecule has 0 spiro atoms. The highest BCUT2D eigenvalue weighted by Crippen LogP contribution is 2.19. The number of amides is 1. The normalized spacial score (nSPS) is 15.9. The number of thiophene rings is 1. The molecule has 1 aliphatic rings. The Hall–Kier alpha value is -1.69. The highest BCUT2D eigenvalue weighted by Gasteiger charge is 2.20. The Morgan fingerprint density at radius 3 is 3.14 bits per heavy atom. The first-order valence-corrected chi connectivity index (χ1v) is 8.85. The molecular formula is C16H22N4OS. The molecule has 0 saturated heterocycles. The van der Waals surface area contributed by atoms with Crippen LogP contribution in [-0.2, 0) is 24.2 Å². The molecule has 0 aliphatic carbocycles. The molecule has 0 radical (unpaired) electrons. The molecule has 6 heteroatoms. The molecule has 1 atom stereocenters. The lowest BCUT2D eigenvalue weighted by Gasteiger charge is -2.15. The van der Waals surface area contributed by atoms with Gasteiger partial charge in [-0.15, -0.1) is 21.5 Å². The zero-order chi connectivity index (χ0) is 15.4. The number of nitrogens with one attached hydrogen (secondary N) is 1. The van der Waals surface area contributed by atoms with E-state index in [0.717, 1.165) is 37.5 Å². The second-order valence-electron chi connectivity index (χ2n) is 5.81. The number of carbonyl (C=O) groups is 1.